The number of nitrogens with zero attached hydrogens (tertiary/aromatic N) is 5. The molecule has 7 nitrogen and oxygen atoms in total. The van der Waals surface area contributed by atoms with Gasteiger partial charge in [0.2, 0.25) is 0 Å². The zero-order chi connectivity index (χ0) is 19.5. The first-order valence-electron chi connectivity index (χ1n) is 8.35. The summed E-state index contributed by atoms with van der Waals surface area (Å²) in [4.78, 5) is 8.51. The molecule has 0 saturated heterocycles. The van der Waals surface area contributed by atoms with Gasteiger partial charge >= 0.3 is 0 Å². The highest BCUT2D eigenvalue weighted by Crippen LogP contribution is 2.31. The standard InChI is InChI=1S/C20H14BrN5O2/c1-27-15-4-2-13(3-5-15)12-26-20-16(11-25-26)18(6-7-23-20)28-19-8-14(21)10-24-17(19)9-22/h2-8,10-11H,12H2,1H3. The summed E-state index contributed by atoms with van der Waals surface area (Å²) in [7, 11) is 1.64. The van der Waals surface area contributed by atoms with Crippen molar-refractivity contribution in [3.63, 3.8) is 0 Å². The molecule has 3 heterocycles. The maximum Gasteiger partial charge on any atom is 0.183 e. The fraction of sp³-hybridized carbons (Fsp3) is 0.100. The molecule has 0 aliphatic heterocycles. The molecule has 1 aromatic carbocycles. The molecule has 0 amide bonds. The normalized spacial score (nSPS) is 10.6. The zero-order valence-corrected chi connectivity index (χ0v) is 16.4. The van der Waals surface area contributed by atoms with Gasteiger partial charge in [-0.2, -0.15) is 10.4 Å². The minimum Gasteiger partial charge on any atom is -0.497 e. The van der Waals surface area contributed by atoms with Crippen molar-refractivity contribution in [2.45, 2.75) is 6.54 Å². The molecule has 4 aromatic rings. The maximum absolute atomic E-state index is 9.26. The molecule has 0 aliphatic carbocycles. The quantitative estimate of drug-likeness (QED) is 0.464. The maximum atomic E-state index is 9.26. The van der Waals surface area contributed by atoms with Crippen molar-refractivity contribution >= 4 is 27.0 Å². The summed E-state index contributed by atoms with van der Waals surface area (Å²) in [6, 6.07) is 13.3. The van der Waals surface area contributed by atoms with Gasteiger partial charge in [0.1, 0.15) is 17.6 Å². The van der Waals surface area contributed by atoms with Crippen LogP contribution in [0.25, 0.3) is 11.0 Å². The SMILES string of the molecule is COc1ccc(Cn2ncc3c(Oc4cc(Br)cnc4C#N)ccnc32)cc1. The average Bonchev–Trinajstić information content (AvgIpc) is 3.13. The number of nitriles is 1. The van der Waals surface area contributed by atoms with Gasteiger partial charge in [-0.15, -0.1) is 0 Å². The Labute approximate surface area is 169 Å². The number of aromatic nitrogens is 4. The lowest BCUT2D eigenvalue weighted by atomic mass is 10.2. The van der Waals surface area contributed by atoms with Gasteiger partial charge in [0.25, 0.3) is 0 Å². The number of halogens is 1. The molecule has 0 atom stereocenters. The fourth-order valence-corrected chi connectivity index (χ4v) is 3.07. The van der Waals surface area contributed by atoms with Crippen molar-refractivity contribution in [3.05, 3.63) is 70.7 Å². The van der Waals surface area contributed by atoms with Gasteiger partial charge in [0, 0.05) is 16.9 Å². The summed E-state index contributed by atoms with van der Waals surface area (Å²) in [5, 5.41) is 14.5. The Morgan fingerprint density at radius 1 is 1.11 bits per heavy atom. The van der Waals surface area contributed by atoms with Gasteiger partial charge in [-0.05, 0) is 45.8 Å². The number of methoxy groups -OCH3 is 1. The number of benzene rings is 1. The Kier molecular flexibility index (Phi) is 4.91. The van der Waals surface area contributed by atoms with Crippen LogP contribution in [-0.4, -0.2) is 26.9 Å². The molecule has 4 rings (SSSR count). The van der Waals surface area contributed by atoms with Crippen LogP contribution in [0.3, 0.4) is 0 Å². The molecule has 8 heteroatoms. The fourth-order valence-electron chi connectivity index (χ4n) is 2.76. The zero-order valence-electron chi connectivity index (χ0n) is 14.8. The van der Waals surface area contributed by atoms with Crippen LogP contribution in [-0.2, 0) is 6.54 Å². The highest BCUT2D eigenvalue weighted by molar-refractivity contribution is 9.10. The molecule has 0 N–H and O–H groups in total. The summed E-state index contributed by atoms with van der Waals surface area (Å²) in [5.74, 6) is 1.73. The molecule has 28 heavy (non-hydrogen) atoms. The second-order valence-electron chi connectivity index (χ2n) is 5.91. The molecule has 3 aromatic heterocycles. The predicted molar refractivity (Wildman–Crippen MR) is 106 cm³/mol. The van der Waals surface area contributed by atoms with E-state index in [9.17, 15) is 5.26 Å². The number of pyridine rings is 2. The number of hydrogen-bond acceptors (Lipinski definition) is 6. The third-order valence-corrected chi connectivity index (χ3v) is 4.57. The Morgan fingerprint density at radius 2 is 1.93 bits per heavy atom. The van der Waals surface area contributed by atoms with Crippen LogP contribution >= 0.6 is 15.9 Å². The molecule has 138 valence electrons. The molecule has 0 bridgehead atoms. The highest BCUT2D eigenvalue weighted by atomic mass is 79.9. The molecule has 0 spiro atoms. The smallest absolute Gasteiger partial charge is 0.183 e. The van der Waals surface area contributed by atoms with E-state index >= 15 is 0 Å². The lowest BCUT2D eigenvalue weighted by Crippen LogP contribution is -2.02. The van der Waals surface area contributed by atoms with Gasteiger partial charge in [-0.25, -0.2) is 14.6 Å². The summed E-state index contributed by atoms with van der Waals surface area (Å²) < 4.78 is 13.7. The van der Waals surface area contributed by atoms with E-state index in [-0.39, 0.29) is 5.69 Å². The minimum absolute atomic E-state index is 0.207. The van der Waals surface area contributed by atoms with Crippen LogP contribution in [0, 0.1) is 11.3 Å². The lowest BCUT2D eigenvalue weighted by molar-refractivity contribution is 0.414. The van der Waals surface area contributed by atoms with E-state index in [1.54, 1.807) is 42.5 Å². The molecular formula is C20H14BrN5O2. The van der Waals surface area contributed by atoms with E-state index in [4.69, 9.17) is 9.47 Å². The third kappa shape index (κ3) is 3.52. The molecular weight excluding hydrogens is 422 g/mol. The van der Waals surface area contributed by atoms with Crippen LogP contribution in [0.1, 0.15) is 11.3 Å². The summed E-state index contributed by atoms with van der Waals surface area (Å²) in [6.07, 6.45) is 4.92. The number of hydrogen-bond donors (Lipinski definition) is 0. The average molecular weight is 436 g/mol. The predicted octanol–water partition coefficient (Wildman–Crippen LogP) is 4.31. The monoisotopic (exact) mass is 435 g/mol. The minimum atomic E-state index is 0.207. The van der Waals surface area contributed by atoms with Crippen molar-refractivity contribution < 1.29 is 9.47 Å². The van der Waals surface area contributed by atoms with Crippen LogP contribution < -0.4 is 9.47 Å². The van der Waals surface area contributed by atoms with E-state index in [0.29, 0.717) is 23.7 Å². The number of fused-ring (bicyclic) bond motifs is 1. The lowest BCUT2D eigenvalue weighted by Gasteiger charge is -2.09. The van der Waals surface area contributed by atoms with Crippen molar-refractivity contribution in [2.24, 2.45) is 0 Å². The first-order chi connectivity index (χ1) is 13.7. The number of ether oxygens (including phenoxy) is 2. The van der Waals surface area contributed by atoms with E-state index in [0.717, 1.165) is 21.2 Å². The van der Waals surface area contributed by atoms with Crippen molar-refractivity contribution in [2.75, 3.05) is 7.11 Å². The van der Waals surface area contributed by atoms with Crippen LogP contribution in [0.5, 0.6) is 17.2 Å². The largest absolute Gasteiger partial charge is 0.497 e. The van der Waals surface area contributed by atoms with Gasteiger partial charge in [-0.1, -0.05) is 12.1 Å². The van der Waals surface area contributed by atoms with E-state index in [1.165, 1.54) is 0 Å². The molecule has 0 saturated carbocycles. The van der Waals surface area contributed by atoms with Crippen LogP contribution in [0.2, 0.25) is 0 Å². The molecule has 0 fully saturated rings. The van der Waals surface area contributed by atoms with E-state index in [1.807, 2.05) is 30.3 Å². The van der Waals surface area contributed by atoms with Crippen LogP contribution in [0.15, 0.2) is 59.5 Å². The second-order valence-corrected chi connectivity index (χ2v) is 6.83. The van der Waals surface area contributed by atoms with Gasteiger partial charge < -0.3 is 9.47 Å². The molecule has 0 aliphatic rings. The summed E-state index contributed by atoms with van der Waals surface area (Å²) in [5.41, 5.74) is 1.97. The van der Waals surface area contributed by atoms with Crippen molar-refractivity contribution in [1.82, 2.24) is 19.7 Å². The van der Waals surface area contributed by atoms with Gasteiger partial charge in [0.05, 0.1) is 25.2 Å². The van der Waals surface area contributed by atoms with Crippen molar-refractivity contribution in [3.8, 4) is 23.3 Å². The second kappa shape index (κ2) is 7.66. The highest BCUT2D eigenvalue weighted by Gasteiger charge is 2.13. The first kappa shape index (κ1) is 17.9. The Balaban J connectivity index is 1.67. The Morgan fingerprint density at radius 3 is 2.68 bits per heavy atom. The van der Waals surface area contributed by atoms with E-state index in [2.05, 4.69) is 31.0 Å². The Hall–Kier alpha value is -3.44. The number of rotatable bonds is 5. The third-order valence-electron chi connectivity index (χ3n) is 4.14. The van der Waals surface area contributed by atoms with Crippen molar-refractivity contribution in [1.29, 1.82) is 5.26 Å². The first-order valence-corrected chi connectivity index (χ1v) is 9.14. The Bertz CT molecular complexity index is 1180. The summed E-state index contributed by atoms with van der Waals surface area (Å²) >= 11 is 3.35. The topological polar surface area (TPSA) is 85.9 Å². The van der Waals surface area contributed by atoms with Gasteiger partial charge in [0.15, 0.2) is 17.1 Å². The van der Waals surface area contributed by atoms with Crippen LogP contribution in [0.4, 0.5) is 0 Å². The summed E-state index contributed by atoms with van der Waals surface area (Å²) in [6.45, 7) is 0.561. The molecule has 0 radical (unpaired) electrons. The van der Waals surface area contributed by atoms with E-state index < -0.39 is 0 Å². The van der Waals surface area contributed by atoms with Gasteiger partial charge in [-0.3, -0.25) is 0 Å². The molecule has 0 unspecified atom stereocenters.